The van der Waals surface area contributed by atoms with Crippen LogP contribution in [0.1, 0.15) is 28.7 Å². The molecule has 0 saturated carbocycles. The number of amides is 1. The van der Waals surface area contributed by atoms with Crippen LogP contribution < -0.4 is 5.32 Å². The van der Waals surface area contributed by atoms with E-state index in [0.29, 0.717) is 17.8 Å². The van der Waals surface area contributed by atoms with Gasteiger partial charge in [-0.1, -0.05) is 18.2 Å². The molecule has 0 aliphatic heterocycles. The van der Waals surface area contributed by atoms with Gasteiger partial charge in [-0.05, 0) is 26.0 Å². The highest BCUT2D eigenvalue weighted by atomic mass is 16.1. The molecular weight excluding hydrogens is 292 g/mol. The Morgan fingerprint density at radius 2 is 2.13 bits per heavy atom. The Morgan fingerprint density at radius 1 is 1.30 bits per heavy atom. The molecule has 7 nitrogen and oxygen atoms in total. The molecule has 118 valence electrons. The Hall–Kier alpha value is -2.96. The maximum absolute atomic E-state index is 12.6. The number of nitrogens with one attached hydrogen (secondary N) is 3. The molecule has 0 saturated heterocycles. The Bertz CT molecular complexity index is 793. The molecule has 1 amide bonds. The van der Waals surface area contributed by atoms with Crippen molar-refractivity contribution in [3.8, 4) is 11.4 Å². The molecule has 0 aliphatic rings. The molecule has 2 aromatic heterocycles. The van der Waals surface area contributed by atoms with Gasteiger partial charge in [0.2, 0.25) is 0 Å². The van der Waals surface area contributed by atoms with Crippen molar-refractivity contribution in [2.45, 2.75) is 26.3 Å². The Balaban J connectivity index is 1.73. The summed E-state index contributed by atoms with van der Waals surface area (Å²) < 4.78 is 0. The summed E-state index contributed by atoms with van der Waals surface area (Å²) in [5.74, 6) is 0.433. The van der Waals surface area contributed by atoms with Crippen LogP contribution in [0.5, 0.6) is 0 Å². The molecule has 0 radical (unpaired) electrons. The van der Waals surface area contributed by atoms with E-state index >= 15 is 0 Å². The number of carbonyl (C=O) groups excluding carboxylic acids is 1. The summed E-state index contributed by atoms with van der Waals surface area (Å²) in [5.41, 5.74) is 3.23. The highest BCUT2D eigenvalue weighted by molar-refractivity contribution is 6.00. The largest absolute Gasteiger partial charge is 0.349 e. The zero-order chi connectivity index (χ0) is 16.2. The third-order valence-electron chi connectivity index (χ3n) is 3.49. The van der Waals surface area contributed by atoms with Gasteiger partial charge < -0.3 is 5.32 Å². The first-order chi connectivity index (χ1) is 11.1. The summed E-state index contributed by atoms with van der Waals surface area (Å²) in [4.78, 5) is 16.7. The molecule has 0 bridgehead atoms. The number of hydrogen-bond donors (Lipinski definition) is 3. The number of benzene rings is 1. The van der Waals surface area contributed by atoms with Crippen molar-refractivity contribution in [2.75, 3.05) is 0 Å². The van der Waals surface area contributed by atoms with E-state index < -0.39 is 0 Å². The average molecular weight is 310 g/mol. The first-order valence-corrected chi connectivity index (χ1v) is 7.40. The van der Waals surface area contributed by atoms with Crippen LogP contribution in [0, 0.1) is 6.92 Å². The Kier molecular flexibility index (Phi) is 4.18. The van der Waals surface area contributed by atoms with Crippen molar-refractivity contribution in [1.29, 1.82) is 0 Å². The normalized spacial score (nSPS) is 12.1. The second kappa shape index (κ2) is 6.43. The van der Waals surface area contributed by atoms with E-state index in [2.05, 4.69) is 30.7 Å². The van der Waals surface area contributed by atoms with Crippen LogP contribution >= 0.6 is 0 Å². The van der Waals surface area contributed by atoms with Crippen LogP contribution in [-0.2, 0) is 6.42 Å². The SMILES string of the molecule is Cc1cc(C[C@H](C)NC(=O)c2ccccc2-c2ncn[nH]2)n[nH]1. The zero-order valence-electron chi connectivity index (χ0n) is 13.0. The van der Waals surface area contributed by atoms with E-state index in [0.717, 1.165) is 17.0 Å². The Morgan fingerprint density at radius 3 is 2.83 bits per heavy atom. The number of carbonyl (C=O) groups is 1. The number of H-pyrrole nitrogens is 2. The van der Waals surface area contributed by atoms with Crippen molar-refractivity contribution < 1.29 is 4.79 Å². The first kappa shape index (κ1) is 15.0. The minimum absolute atomic E-state index is 0.0343. The minimum atomic E-state index is -0.142. The monoisotopic (exact) mass is 310 g/mol. The lowest BCUT2D eigenvalue weighted by Crippen LogP contribution is -2.34. The van der Waals surface area contributed by atoms with Gasteiger partial charge in [0, 0.05) is 23.7 Å². The number of nitrogens with zero attached hydrogens (tertiary/aromatic N) is 3. The molecule has 1 aromatic carbocycles. The fraction of sp³-hybridized carbons (Fsp3) is 0.250. The van der Waals surface area contributed by atoms with Gasteiger partial charge in [-0.15, -0.1) is 0 Å². The van der Waals surface area contributed by atoms with Gasteiger partial charge in [0.15, 0.2) is 5.82 Å². The second-order valence-electron chi connectivity index (χ2n) is 5.50. The second-order valence-corrected chi connectivity index (χ2v) is 5.50. The number of aryl methyl sites for hydroxylation is 1. The van der Waals surface area contributed by atoms with Crippen molar-refractivity contribution in [3.63, 3.8) is 0 Å². The molecule has 0 fully saturated rings. The summed E-state index contributed by atoms with van der Waals surface area (Å²) in [5, 5.41) is 16.7. The molecule has 3 rings (SSSR count). The summed E-state index contributed by atoms with van der Waals surface area (Å²) in [7, 11) is 0. The quantitative estimate of drug-likeness (QED) is 0.670. The molecule has 0 aliphatic carbocycles. The van der Waals surface area contributed by atoms with Crippen LogP contribution in [0.15, 0.2) is 36.7 Å². The lowest BCUT2D eigenvalue weighted by atomic mass is 10.1. The van der Waals surface area contributed by atoms with Crippen LogP contribution in [0.2, 0.25) is 0 Å². The van der Waals surface area contributed by atoms with Gasteiger partial charge >= 0.3 is 0 Å². The molecule has 23 heavy (non-hydrogen) atoms. The number of hydrogen-bond acceptors (Lipinski definition) is 4. The van der Waals surface area contributed by atoms with Gasteiger partial charge in [0.25, 0.3) is 5.91 Å². The van der Waals surface area contributed by atoms with E-state index in [1.165, 1.54) is 6.33 Å². The van der Waals surface area contributed by atoms with E-state index in [9.17, 15) is 4.79 Å². The summed E-state index contributed by atoms with van der Waals surface area (Å²) in [6, 6.07) is 9.26. The summed E-state index contributed by atoms with van der Waals surface area (Å²) >= 11 is 0. The predicted octanol–water partition coefficient (Wildman–Crippen LogP) is 1.86. The van der Waals surface area contributed by atoms with Crippen molar-refractivity contribution >= 4 is 5.91 Å². The highest BCUT2D eigenvalue weighted by Crippen LogP contribution is 2.19. The highest BCUT2D eigenvalue weighted by Gasteiger charge is 2.16. The van der Waals surface area contributed by atoms with Gasteiger partial charge in [0.1, 0.15) is 6.33 Å². The lowest BCUT2D eigenvalue weighted by molar-refractivity contribution is 0.0940. The zero-order valence-corrected chi connectivity index (χ0v) is 13.0. The maximum atomic E-state index is 12.6. The molecular formula is C16H18N6O. The Labute approximate surface area is 133 Å². The summed E-state index contributed by atoms with van der Waals surface area (Å²) in [6.07, 6.45) is 2.09. The molecule has 3 N–H and O–H groups in total. The molecule has 2 heterocycles. The third-order valence-corrected chi connectivity index (χ3v) is 3.49. The number of aromatic nitrogens is 5. The van der Waals surface area contributed by atoms with Crippen LogP contribution in [0.25, 0.3) is 11.4 Å². The van der Waals surface area contributed by atoms with Crippen LogP contribution in [-0.4, -0.2) is 37.3 Å². The van der Waals surface area contributed by atoms with Gasteiger partial charge in [-0.2, -0.15) is 10.2 Å². The molecule has 7 heteroatoms. The van der Waals surface area contributed by atoms with E-state index in [-0.39, 0.29) is 11.9 Å². The fourth-order valence-corrected chi connectivity index (χ4v) is 2.47. The minimum Gasteiger partial charge on any atom is -0.349 e. The van der Waals surface area contributed by atoms with Crippen molar-refractivity contribution in [3.05, 3.63) is 53.6 Å². The maximum Gasteiger partial charge on any atom is 0.252 e. The molecule has 0 spiro atoms. The lowest BCUT2D eigenvalue weighted by Gasteiger charge is -2.14. The van der Waals surface area contributed by atoms with E-state index in [1.54, 1.807) is 6.07 Å². The van der Waals surface area contributed by atoms with Crippen LogP contribution in [0.3, 0.4) is 0 Å². The standard InChI is InChI=1S/C16H18N6O/c1-10(7-12-8-11(2)20-21-12)19-16(23)14-6-4-3-5-13(14)15-17-9-18-22-15/h3-6,8-10H,7H2,1-2H3,(H,19,23)(H,20,21)(H,17,18,22)/t10-/m0/s1. The smallest absolute Gasteiger partial charge is 0.252 e. The van der Waals surface area contributed by atoms with Gasteiger partial charge in [-0.25, -0.2) is 4.98 Å². The number of aromatic amines is 2. The predicted molar refractivity (Wildman–Crippen MR) is 85.8 cm³/mol. The topological polar surface area (TPSA) is 99.3 Å². The van der Waals surface area contributed by atoms with Crippen molar-refractivity contribution in [1.82, 2.24) is 30.7 Å². The van der Waals surface area contributed by atoms with Crippen LogP contribution in [0.4, 0.5) is 0 Å². The number of rotatable bonds is 5. The van der Waals surface area contributed by atoms with Gasteiger partial charge in [-0.3, -0.25) is 15.0 Å². The average Bonchev–Trinajstić information content (AvgIpc) is 3.19. The van der Waals surface area contributed by atoms with E-state index in [4.69, 9.17) is 0 Å². The van der Waals surface area contributed by atoms with Crippen molar-refractivity contribution in [2.24, 2.45) is 0 Å². The fourth-order valence-electron chi connectivity index (χ4n) is 2.47. The third kappa shape index (κ3) is 3.45. The molecule has 0 unspecified atom stereocenters. The molecule has 1 atom stereocenters. The van der Waals surface area contributed by atoms with E-state index in [1.807, 2.05) is 38.1 Å². The van der Waals surface area contributed by atoms with Gasteiger partial charge in [0.05, 0.1) is 11.3 Å². The molecule has 3 aromatic rings. The first-order valence-electron chi connectivity index (χ1n) is 7.40. The summed E-state index contributed by atoms with van der Waals surface area (Å²) in [6.45, 7) is 3.91.